The number of nitrogens with zero attached hydrogens (tertiary/aromatic N) is 1. The third-order valence-corrected chi connectivity index (χ3v) is 4.77. The van der Waals surface area contributed by atoms with Gasteiger partial charge in [-0.25, -0.2) is 10.8 Å². The van der Waals surface area contributed by atoms with Crippen molar-refractivity contribution in [3.63, 3.8) is 0 Å². The molecule has 2 aromatic heterocycles. The molecule has 0 amide bonds. The molecule has 0 fully saturated rings. The summed E-state index contributed by atoms with van der Waals surface area (Å²) in [6.07, 6.45) is 0. The Morgan fingerprint density at radius 1 is 1.29 bits per heavy atom. The van der Waals surface area contributed by atoms with E-state index in [4.69, 9.17) is 5.84 Å². The van der Waals surface area contributed by atoms with Crippen molar-refractivity contribution in [2.45, 2.75) is 6.92 Å². The SMILES string of the molecule is Cc1c(-c2csc(NN)n2)sc2ccccc12. The van der Waals surface area contributed by atoms with Crippen molar-refractivity contribution < 1.29 is 0 Å². The summed E-state index contributed by atoms with van der Waals surface area (Å²) in [5.74, 6) is 5.36. The second-order valence-corrected chi connectivity index (χ2v) is 5.64. The fourth-order valence-corrected chi connectivity index (χ4v) is 3.72. The predicted octanol–water partition coefficient (Wildman–Crippen LogP) is 3.62. The predicted molar refractivity (Wildman–Crippen MR) is 75.5 cm³/mol. The number of thiophene rings is 1. The Hall–Kier alpha value is -1.43. The molecule has 3 nitrogen and oxygen atoms in total. The van der Waals surface area contributed by atoms with Crippen LogP contribution in [0.15, 0.2) is 29.6 Å². The first-order chi connectivity index (χ1) is 8.29. The number of nitrogens with two attached hydrogens (primary N) is 1. The molecule has 0 radical (unpaired) electrons. The second-order valence-electron chi connectivity index (χ2n) is 3.73. The molecular weight excluding hydrogens is 250 g/mol. The Kier molecular flexibility index (Phi) is 2.58. The zero-order valence-electron chi connectivity index (χ0n) is 9.23. The van der Waals surface area contributed by atoms with Gasteiger partial charge in [0.2, 0.25) is 0 Å². The number of hydrazine groups is 1. The highest BCUT2D eigenvalue weighted by Gasteiger charge is 2.12. The zero-order valence-corrected chi connectivity index (χ0v) is 10.9. The maximum atomic E-state index is 5.36. The molecule has 0 bridgehead atoms. The number of hydrogen-bond donors (Lipinski definition) is 2. The molecule has 5 heteroatoms. The highest BCUT2D eigenvalue weighted by atomic mass is 32.1. The van der Waals surface area contributed by atoms with E-state index in [0.29, 0.717) is 0 Å². The number of hydrogen-bond acceptors (Lipinski definition) is 5. The van der Waals surface area contributed by atoms with Gasteiger partial charge in [-0.15, -0.1) is 22.7 Å². The normalized spacial score (nSPS) is 10.9. The Morgan fingerprint density at radius 2 is 2.12 bits per heavy atom. The van der Waals surface area contributed by atoms with Crippen LogP contribution < -0.4 is 11.3 Å². The molecule has 3 N–H and O–H groups in total. The Balaban J connectivity index is 2.20. The number of nitrogens with one attached hydrogen (secondary N) is 1. The third-order valence-electron chi connectivity index (χ3n) is 2.70. The van der Waals surface area contributed by atoms with Crippen molar-refractivity contribution >= 4 is 37.9 Å². The summed E-state index contributed by atoms with van der Waals surface area (Å²) in [4.78, 5) is 5.67. The van der Waals surface area contributed by atoms with Gasteiger partial charge in [-0.05, 0) is 23.9 Å². The van der Waals surface area contributed by atoms with Crippen molar-refractivity contribution in [2.75, 3.05) is 5.43 Å². The van der Waals surface area contributed by atoms with Crippen LogP contribution in [-0.2, 0) is 0 Å². The van der Waals surface area contributed by atoms with Crippen LogP contribution >= 0.6 is 22.7 Å². The number of aromatic nitrogens is 1. The van der Waals surface area contributed by atoms with Gasteiger partial charge in [0, 0.05) is 10.1 Å². The Labute approximate surface area is 107 Å². The lowest BCUT2D eigenvalue weighted by Crippen LogP contribution is -2.05. The van der Waals surface area contributed by atoms with Crippen molar-refractivity contribution in [1.82, 2.24) is 4.98 Å². The van der Waals surface area contributed by atoms with Crippen LogP contribution in [0, 0.1) is 6.92 Å². The average Bonchev–Trinajstić information content (AvgIpc) is 2.95. The molecule has 0 spiro atoms. The van der Waals surface area contributed by atoms with Gasteiger partial charge in [0.15, 0.2) is 5.13 Å². The van der Waals surface area contributed by atoms with E-state index >= 15 is 0 Å². The van der Waals surface area contributed by atoms with Gasteiger partial charge in [-0.1, -0.05) is 18.2 Å². The number of anilines is 1. The fraction of sp³-hybridized carbons (Fsp3) is 0.0833. The van der Waals surface area contributed by atoms with Crippen molar-refractivity contribution in [2.24, 2.45) is 5.84 Å². The Morgan fingerprint density at radius 3 is 2.82 bits per heavy atom. The van der Waals surface area contributed by atoms with E-state index in [9.17, 15) is 0 Å². The Bertz CT molecular complexity index is 669. The summed E-state index contributed by atoms with van der Waals surface area (Å²) < 4.78 is 1.30. The van der Waals surface area contributed by atoms with Gasteiger partial charge in [-0.3, -0.25) is 5.43 Å². The number of aryl methyl sites for hydroxylation is 1. The highest BCUT2D eigenvalue weighted by Crippen LogP contribution is 2.38. The van der Waals surface area contributed by atoms with Crippen LogP contribution in [-0.4, -0.2) is 4.98 Å². The van der Waals surface area contributed by atoms with Crippen LogP contribution in [0.4, 0.5) is 5.13 Å². The molecule has 17 heavy (non-hydrogen) atoms. The minimum Gasteiger partial charge on any atom is -0.300 e. The van der Waals surface area contributed by atoms with Crippen molar-refractivity contribution in [1.29, 1.82) is 0 Å². The number of benzene rings is 1. The minimum absolute atomic E-state index is 0.747. The maximum absolute atomic E-state index is 5.36. The molecule has 0 aliphatic heterocycles. The van der Waals surface area contributed by atoms with E-state index in [1.54, 1.807) is 11.3 Å². The average molecular weight is 261 g/mol. The van der Waals surface area contributed by atoms with Gasteiger partial charge < -0.3 is 0 Å². The highest BCUT2D eigenvalue weighted by molar-refractivity contribution is 7.22. The maximum Gasteiger partial charge on any atom is 0.197 e. The van der Waals surface area contributed by atoms with Gasteiger partial charge in [-0.2, -0.15) is 0 Å². The summed E-state index contributed by atoms with van der Waals surface area (Å²) >= 11 is 3.30. The van der Waals surface area contributed by atoms with Crippen molar-refractivity contribution in [3.8, 4) is 10.6 Å². The summed E-state index contributed by atoms with van der Waals surface area (Å²) in [5, 5.41) is 4.09. The van der Waals surface area contributed by atoms with E-state index < -0.39 is 0 Å². The topological polar surface area (TPSA) is 50.9 Å². The first kappa shape index (κ1) is 10.7. The van der Waals surface area contributed by atoms with Crippen LogP contribution in [0.5, 0.6) is 0 Å². The van der Waals surface area contributed by atoms with E-state index in [1.807, 2.05) is 5.38 Å². The van der Waals surface area contributed by atoms with E-state index in [-0.39, 0.29) is 0 Å². The molecule has 1 aromatic carbocycles. The molecule has 3 rings (SSSR count). The van der Waals surface area contributed by atoms with E-state index in [0.717, 1.165) is 10.8 Å². The molecule has 3 aromatic rings. The summed E-state index contributed by atoms with van der Waals surface area (Å²) in [6.45, 7) is 2.14. The summed E-state index contributed by atoms with van der Waals surface area (Å²) in [5.41, 5.74) is 4.88. The van der Waals surface area contributed by atoms with Crippen LogP contribution in [0.25, 0.3) is 20.7 Å². The molecule has 0 aliphatic carbocycles. The van der Waals surface area contributed by atoms with Gasteiger partial charge in [0.1, 0.15) is 0 Å². The fourth-order valence-electron chi connectivity index (χ4n) is 1.86. The summed E-state index contributed by atoms with van der Waals surface area (Å²) in [6, 6.07) is 8.43. The second kappa shape index (κ2) is 4.10. The zero-order chi connectivity index (χ0) is 11.8. The van der Waals surface area contributed by atoms with Gasteiger partial charge >= 0.3 is 0 Å². The number of thiazole rings is 1. The van der Waals surface area contributed by atoms with Crippen LogP contribution in [0.3, 0.4) is 0 Å². The summed E-state index contributed by atoms with van der Waals surface area (Å²) in [7, 11) is 0. The lowest BCUT2D eigenvalue weighted by Gasteiger charge is -1.94. The minimum atomic E-state index is 0.747. The monoisotopic (exact) mass is 261 g/mol. The van der Waals surface area contributed by atoms with Crippen LogP contribution in [0.2, 0.25) is 0 Å². The van der Waals surface area contributed by atoms with Gasteiger partial charge in [0.25, 0.3) is 0 Å². The van der Waals surface area contributed by atoms with E-state index in [2.05, 4.69) is 41.6 Å². The largest absolute Gasteiger partial charge is 0.300 e. The first-order valence-corrected chi connectivity index (χ1v) is 6.90. The van der Waals surface area contributed by atoms with Crippen LogP contribution in [0.1, 0.15) is 5.56 Å². The lowest BCUT2D eigenvalue weighted by atomic mass is 10.1. The number of rotatable bonds is 2. The smallest absolute Gasteiger partial charge is 0.197 e. The van der Waals surface area contributed by atoms with Gasteiger partial charge in [0.05, 0.1) is 10.6 Å². The number of nitrogen functional groups attached to an aromatic ring is 1. The molecule has 0 saturated carbocycles. The molecule has 0 atom stereocenters. The molecule has 0 aliphatic rings. The molecule has 0 saturated heterocycles. The quantitative estimate of drug-likeness (QED) is 0.547. The standard InChI is InChI=1S/C12H11N3S2/c1-7-8-4-2-3-5-10(8)17-11(7)9-6-16-12(14-9)15-13/h2-6H,13H2,1H3,(H,14,15). The molecule has 2 heterocycles. The third kappa shape index (κ3) is 1.72. The lowest BCUT2D eigenvalue weighted by molar-refractivity contribution is 1.29. The first-order valence-electron chi connectivity index (χ1n) is 5.20. The molecular formula is C12H11N3S2. The van der Waals surface area contributed by atoms with E-state index in [1.165, 1.54) is 31.9 Å². The molecule has 0 unspecified atom stereocenters. The van der Waals surface area contributed by atoms with Crippen molar-refractivity contribution in [3.05, 3.63) is 35.2 Å². The number of fused-ring (bicyclic) bond motifs is 1. The molecule has 86 valence electrons.